The van der Waals surface area contributed by atoms with Crippen LogP contribution in [0.5, 0.6) is 0 Å². The number of aryl methyl sites for hydroxylation is 2. The van der Waals surface area contributed by atoms with E-state index in [1.165, 1.54) is 5.69 Å². The topological polar surface area (TPSA) is 62.3 Å². The first-order valence-corrected chi connectivity index (χ1v) is 7.12. The van der Waals surface area contributed by atoms with Crippen molar-refractivity contribution >= 4 is 0 Å². The van der Waals surface area contributed by atoms with Crippen molar-refractivity contribution in [2.75, 3.05) is 19.8 Å². The average molecular weight is 267 g/mol. The molecule has 1 aromatic rings. The van der Waals surface area contributed by atoms with Crippen LogP contribution >= 0.6 is 0 Å². The number of hydrogen-bond donors (Lipinski definition) is 1. The van der Waals surface area contributed by atoms with Crippen molar-refractivity contribution < 1.29 is 9.47 Å². The molecule has 2 heterocycles. The van der Waals surface area contributed by atoms with E-state index in [-0.39, 0.29) is 11.6 Å². The van der Waals surface area contributed by atoms with Gasteiger partial charge in [0.25, 0.3) is 0 Å². The molecule has 2 rings (SSSR count). The molecule has 1 unspecified atom stereocenters. The van der Waals surface area contributed by atoms with Crippen molar-refractivity contribution in [2.45, 2.75) is 44.2 Å². The molecule has 0 bridgehead atoms. The van der Waals surface area contributed by atoms with Gasteiger partial charge in [-0.3, -0.25) is 4.68 Å². The normalized spacial score (nSPS) is 20.4. The number of rotatable bonds is 6. The summed E-state index contributed by atoms with van der Waals surface area (Å²) in [5.41, 5.74) is 7.44. The summed E-state index contributed by atoms with van der Waals surface area (Å²) in [5.74, 6) is 0. The minimum absolute atomic E-state index is 0.0475. The van der Waals surface area contributed by atoms with Gasteiger partial charge in [-0.25, -0.2) is 0 Å². The van der Waals surface area contributed by atoms with Gasteiger partial charge in [0, 0.05) is 57.6 Å². The van der Waals surface area contributed by atoms with Crippen LogP contribution < -0.4 is 5.73 Å². The number of hydrogen-bond acceptors (Lipinski definition) is 4. The van der Waals surface area contributed by atoms with E-state index in [4.69, 9.17) is 15.2 Å². The summed E-state index contributed by atoms with van der Waals surface area (Å²) in [7, 11) is 1.97. The van der Waals surface area contributed by atoms with Crippen molar-refractivity contribution in [1.82, 2.24) is 9.78 Å². The highest BCUT2D eigenvalue weighted by atomic mass is 16.5. The third-order valence-electron chi connectivity index (χ3n) is 4.08. The highest BCUT2D eigenvalue weighted by molar-refractivity contribution is 5.02. The van der Waals surface area contributed by atoms with Crippen molar-refractivity contribution in [3.63, 3.8) is 0 Å². The number of nitrogens with two attached hydrogens (primary N) is 1. The summed E-state index contributed by atoms with van der Waals surface area (Å²) in [6.07, 6.45) is 5.47. The maximum atomic E-state index is 6.43. The Morgan fingerprint density at radius 3 is 2.84 bits per heavy atom. The lowest BCUT2D eigenvalue weighted by atomic mass is 9.84. The van der Waals surface area contributed by atoms with Gasteiger partial charge in [0.15, 0.2) is 0 Å². The zero-order chi connectivity index (χ0) is 13.7. The molecular weight excluding hydrogens is 242 g/mol. The number of nitrogens with zero attached hydrogens (tertiary/aromatic N) is 2. The van der Waals surface area contributed by atoms with Crippen LogP contribution in [-0.4, -0.2) is 41.2 Å². The SMILES string of the molecule is CCOC1(C(N)CCc2ccnn2C)CCOCC1. The van der Waals surface area contributed by atoms with Crippen LogP contribution in [0.4, 0.5) is 0 Å². The first-order chi connectivity index (χ1) is 9.18. The van der Waals surface area contributed by atoms with Gasteiger partial charge in [0.2, 0.25) is 0 Å². The third-order valence-corrected chi connectivity index (χ3v) is 4.08. The van der Waals surface area contributed by atoms with E-state index >= 15 is 0 Å². The molecule has 1 aliphatic heterocycles. The van der Waals surface area contributed by atoms with Crippen LogP contribution in [0.2, 0.25) is 0 Å². The fraction of sp³-hybridized carbons (Fsp3) is 0.786. The largest absolute Gasteiger partial charge is 0.381 e. The van der Waals surface area contributed by atoms with Crippen LogP contribution in [0.3, 0.4) is 0 Å². The Kier molecular flexibility index (Phi) is 4.96. The second-order valence-corrected chi connectivity index (χ2v) is 5.20. The lowest BCUT2D eigenvalue weighted by Gasteiger charge is -2.41. The van der Waals surface area contributed by atoms with Crippen molar-refractivity contribution in [2.24, 2.45) is 12.8 Å². The molecule has 0 radical (unpaired) electrons. The van der Waals surface area contributed by atoms with E-state index in [0.717, 1.165) is 38.9 Å². The molecule has 5 nitrogen and oxygen atoms in total. The van der Waals surface area contributed by atoms with Gasteiger partial charge in [-0.15, -0.1) is 0 Å². The predicted molar refractivity (Wildman–Crippen MR) is 73.9 cm³/mol. The molecule has 1 atom stereocenters. The van der Waals surface area contributed by atoms with E-state index in [1.807, 2.05) is 30.9 Å². The quantitative estimate of drug-likeness (QED) is 0.843. The zero-order valence-electron chi connectivity index (χ0n) is 12.0. The molecule has 1 aliphatic rings. The van der Waals surface area contributed by atoms with Gasteiger partial charge in [0.1, 0.15) is 0 Å². The molecule has 0 aromatic carbocycles. The molecule has 0 saturated carbocycles. The molecule has 0 aliphatic carbocycles. The minimum atomic E-state index is -0.203. The Balaban J connectivity index is 1.95. The van der Waals surface area contributed by atoms with Gasteiger partial charge in [-0.1, -0.05) is 0 Å². The molecule has 5 heteroatoms. The maximum absolute atomic E-state index is 6.43. The predicted octanol–water partition coefficient (Wildman–Crippen LogP) is 1.27. The highest BCUT2D eigenvalue weighted by Crippen LogP contribution is 2.30. The molecule has 1 fully saturated rings. The van der Waals surface area contributed by atoms with Gasteiger partial charge in [-0.2, -0.15) is 5.10 Å². The van der Waals surface area contributed by atoms with E-state index < -0.39 is 0 Å². The van der Waals surface area contributed by atoms with Gasteiger partial charge in [-0.05, 0) is 25.8 Å². The lowest BCUT2D eigenvalue weighted by Crippen LogP contribution is -2.53. The summed E-state index contributed by atoms with van der Waals surface area (Å²) in [4.78, 5) is 0. The van der Waals surface area contributed by atoms with E-state index in [2.05, 4.69) is 5.10 Å². The zero-order valence-corrected chi connectivity index (χ0v) is 12.0. The molecule has 108 valence electrons. The molecule has 1 saturated heterocycles. The standard InChI is InChI=1S/C14H25N3O2/c1-3-19-14(7-10-18-11-8-14)13(15)5-4-12-6-9-16-17(12)2/h6,9,13H,3-5,7-8,10-11,15H2,1-2H3. The molecule has 0 amide bonds. The maximum Gasteiger partial charge on any atom is 0.0876 e. The minimum Gasteiger partial charge on any atom is -0.381 e. The smallest absolute Gasteiger partial charge is 0.0876 e. The van der Waals surface area contributed by atoms with Gasteiger partial charge >= 0.3 is 0 Å². The molecular formula is C14H25N3O2. The van der Waals surface area contributed by atoms with Gasteiger partial charge in [0.05, 0.1) is 5.60 Å². The highest BCUT2D eigenvalue weighted by Gasteiger charge is 2.38. The van der Waals surface area contributed by atoms with E-state index in [0.29, 0.717) is 6.61 Å². The molecule has 0 spiro atoms. The Morgan fingerprint density at radius 2 is 2.26 bits per heavy atom. The Morgan fingerprint density at radius 1 is 1.53 bits per heavy atom. The fourth-order valence-corrected chi connectivity index (χ4v) is 2.84. The molecule has 19 heavy (non-hydrogen) atoms. The second kappa shape index (κ2) is 6.50. The summed E-state index contributed by atoms with van der Waals surface area (Å²) >= 11 is 0. The summed E-state index contributed by atoms with van der Waals surface area (Å²) < 4.78 is 13.4. The summed E-state index contributed by atoms with van der Waals surface area (Å²) in [6.45, 7) is 4.24. The Labute approximate surface area is 115 Å². The fourth-order valence-electron chi connectivity index (χ4n) is 2.84. The van der Waals surface area contributed by atoms with Crippen molar-refractivity contribution in [1.29, 1.82) is 0 Å². The van der Waals surface area contributed by atoms with Crippen LogP contribution in [-0.2, 0) is 22.9 Å². The van der Waals surface area contributed by atoms with Gasteiger partial charge < -0.3 is 15.2 Å². The Bertz CT molecular complexity index is 380. The number of ether oxygens (including phenoxy) is 2. The monoisotopic (exact) mass is 267 g/mol. The van der Waals surface area contributed by atoms with Crippen molar-refractivity contribution in [3.8, 4) is 0 Å². The van der Waals surface area contributed by atoms with Crippen molar-refractivity contribution in [3.05, 3.63) is 18.0 Å². The average Bonchev–Trinajstić information content (AvgIpc) is 2.83. The van der Waals surface area contributed by atoms with Crippen LogP contribution in [0.1, 0.15) is 31.9 Å². The third kappa shape index (κ3) is 3.35. The first kappa shape index (κ1) is 14.5. The second-order valence-electron chi connectivity index (χ2n) is 5.20. The van der Waals surface area contributed by atoms with Crippen LogP contribution in [0.25, 0.3) is 0 Å². The van der Waals surface area contributed by atoms with Crippen LogP contribution in [0, 0.1) is 0 Å². The number of aromatic nitrogens is 2. The van der Waals surface area contributed by atoms with Crippen LogP contribution in [0.15, 0.2) is 12.3 Å². The first-order valence-electron chi connectivity index (χ1n) is 7.12. The molecule has 2 N–H and O–H groups in total. The summed E-state index contributed by atoms with van der Waals surface area (Å²) in [5, 5.41) is 4.19. The van der Waals surface area contributed by atoms with E-state index in [9.17, 15) is 0 Å². The lowest BCUT2D eigenvalue weighted by molar-refractivity contribution is -0.121. The molecule has 1 aromatic heterocycles. The summed E-state index contributed by atoms with van der Waals surface area (Å²) in [6, 6.07) is 2.09. The Hall–Kier alpha value is -0.910. The van der Waals surface area contributed by atoms with E-state index in [1.54, 1.807) is 0 Å².